The number of para-hydroxylation sites is 2. The van der Waals surface area contributed by atoms with Gasteiger partial charge < -0.3 is 25.8 Å². The molecule has 2 fully saturated rings. The molecule has 0 unspecified atom stereocenters. The van der Waals surface area contributed by atoms with Crippen LogP contribution in [0.1, 0.15) is 41.9 Å². The van der Waals surface area contributed by atoms with E-state index in [1.54, 1.807) is 84.1 Å². The van der Waals surface area contributed by atoms with Crippen LogP contribution >= 0.6 is 22.7 Å². The van der Waals surface area contributed by atoms with Crippen LogP contribution < -0.4 is 25.8 Å². The molecule has 6 heterocycles. The standard InChI is InChI=1S/C21H18N6O2S.C21H16N6OS.H2O2/c22-19(28)16-6-5-12(11-25-16)18-20(24-8-7-23-18)29-14-9-13(10-14)26-21-27-15-3-1-2-4-17(15)30-21;22-11-14-6-5-13(12-25-14)19-20(24-8-7-23-19)28-16-9-15(10-16)26-21-27-17-3-1-2-4-18(17)29-21;1-2/h1-8,11,13-14H,9-10H2,(H2,22,28)(H,26,27);1-8,12,15-16H,9-10H2,(H,26,27);1-2H. The SMILES string of the molecule is N#Cc1ccc(-c2nccnc2OC2CC(Nc3nc4ccccc4s3)C2)cn1.NC(=O)c1ccc(-c2nccnc2OC2CC(Nc3nc4ccccc4s3)C2)cn1.OO. The first-order valence-corrected chi connectivity index (χ1v) is 20.6. The van der Waals surface area contributed by atoms with Crippen molar-refractivity contribution in [2.75, 3.05) is 10.6 Å². The predicted octanol–water partition coefficient (Wildman–Crippen LogP) is 7.33. The van der Waals surface area contributed by atoms with Crippen LogP contribution in [-0.2, 0) is 0 Å². The van der Waals surface area contributed by atoms with Gasteiger partial charge in [-0.1, -0.05) is 46.9 Å². The van der Waals surface area contributed by atoms with Gasteiger partial charge in [0.1, 0.15) is 41.1 Å². The number of hydrogen-bond donors (Lipinski definition) is 5. The smallest absolute Gasteiger partial charge is 0.267 e. The van der Waals surface area contributed by atoms with Crippen molar-refractivity contribution in [1.82, 2.24) is 39.9 Å². The number of carbonyl (C=O) groups is 1. The van der Waals surface area contributed by atoms with E-state index in [4.69, 9.17) is 31.0 Å². The summed E-state index contributed by atoms with van der Waals surface area (Å²) in [5.74, 6) is 0.371. The number of thiazole rings is 2. The zero-order valence-corrected chi connectivity index (χ0v) is 33.7. The Morgan fingerprint density at radius 1 is 0.656 bits per heavy atom. The monoisotopic (exact) mass is 852 g/mol. The Balaban J connectivity index is 0.000000162. The largest absolute Gasteiger partial charge is 0.473 e. The first-order chi connectivity index (χ1) is 29.9. The van der Waals surface area contributed by atoms with Crippen molar-refractivity contribution in [3.8, 4) is 40.3 Å². The number of pyridine rings is 2. The minimum atomic E-state index is -0.571. The quantitative estimate of drug-likeness (QED) is 0.0631. The van der Waals surface area contributed by atoms with E-state index in [1.165, 1.54) is 9.40 Å². The second kappa shape index (κ2) is 18.8. The summed E-state index contributed by atoms with van der Waals surface area (Å²) in [6.07, 6.45) is 13.2. The van der Waals surface area contributed by atoms with Crippen molar-refractivity contribution < 1.29 is 24.8 Å². The fourth-order valence-corrected chi connectivity index (χ4v) is 8.48. The van der Waals surface area contributed by atoms with E-state index in [9.17, 15) is 4.79 Å². The molecule has 6 aromatic heterocycles. The summed E-state index contributed by atoms with van der Waals surface area (Å²) in [7, 11) is 0. The lowest BCUT2D eigenvalue weighted by Crippen LogP contribution is -2.42. The molecule has 6 N–H and O–H groups in total. The van der Waals surface area contributed by atoms with Gasteiger partial charge in [-0.05, 0) is 48.5 Å². The van der Waals surface area contributed by atoms with Gasteiger partial charge in [-0.25, -0.2) is 34.9 Å². The van der Waals surface area contributed by atoms with Gasteiger partial charge in [0.25, 0.3) is 5.91 Å². The number of nitriles is 1. The Labute approximate surface area is 356 Å². The second-order valence-electron chi connectivity index (χ2n) is 13.8. The number of primary amides is 1. The predicted molar refractivity (Wildman–Crippen MR) is 230 cm³/mol. The second-order valence-corrected chi connectivity index (χ2v) is 15.9. The van der Waals surface area contributed by atoms with Crippen LogP contribution in [0.3, 0.4) is 0 Å². The summed E-state index contributed by atoms with van der Waals surface area (Å²) in [5, 5.41) is 29.8. The maximum absolute atomic E-state index is 11.2. The van der Waals surface area contributed by atoms with Crippen LogP contribution in [-0.4, -0.2) is 80.6 Å². The van der Waals surface area contributed by atoms with Crippen molar-refractivity contribution >= 4 is 59.3 Å². The van der Waals surface area contributed by atoms with Gasteiger partial charge >= 0.3 is 0 Å². The molecule has 2 aliphatic carbocycles. The number of rotatable bonds is 11. The molecule has 61 heavy (non-hydrogen) atoms. The number of anilines is 2. The summed E-state index contributed by atoms with van der Waals surface area (Å²) in [6.45, 7) is 0. The number of ether oxygens (including phenoxy) is 2. The molecule has 19 heteroatoms. The molecule has 2 aromatic carbocycles. The first-order valence-electron chi connectivity index (χ1n) is 19.0. The van der Waals surface area contributed by atoms with Crippen LogP contribution in [0.5, 0.6) is 11.8 Å². The van der Waals surface area contributed by atoms with Gasteiger partial charge in [0.05, 0.1) is 20.4 Å². The van der Waals surface area contributed by atoms with Gasteiger partial charge in [0.15, 0.2) is 10.3 Å². The average molecular weight is 853 g/mol. The Morgan fingerprint density at radius 2 is 1.13 bits per heavy atom. The van der Waals surface area contributed by atoms with Crippen LogP contribution in [0.4, 0.5) is 10.3 Å². The molecule has 0 atom stereocenters. The van der Waals surface area contributed by atoms with E-state index < -0.39 is 5.91 Å². The van der Waals surface area contributed by atoms with Gasteiger partial charge in [0, 0.05) is 86.1 Å². The van der Waals surface area contributed by atoms with E-state index in [1.807, 2.05) is 42.5 Å². The molecule has 8 aromatic rings. The summed E-state index contributed by atoms with van der Waals surface area (Å²) >= 11 is 3.33. The van der Waals surface area contributed by atoms with Crippen molar-refractivity contribution in [2.24, 2.45) is 5.73 Å². The topological polar surface area (TPSA) is 253 Å². The molecular weight excluding hydrogens is 817 g/mol. The highest BCUT2D eigenvalue weighted by atomic mass is 32.1. The number of carbonyl (C=O) groups excluding carboxylic acids is 1. The maximum atomic E-state index is 11.2. The molecular formula is C42H36N12O5S2. The molecule has 0 aliphatic heterocycles. The lowest BCUT2D eigenvalue weighted by Gasteiger charge is -2.35. The molecule has 2 aliphatic rings. The highest BCUT2D eigenvalue weighted by Crippen LogP contribution is 2.36. The Hall–Kier alpha value is -7.24. The van der Waals surface area contributed by atoms with Gasteiger partial charge in [-0.3, -0.25) is 20.3 Å². The number of aromatic nitrogens is 8. The van der Waals surface area contributed by atoms with Crippen molar-refractivity contribution in [1.29, 1.82) is 5.26 Å². The minimum absolute atomic E-state index is 0.0465. The van der Waals surface area contributed by atoms with Crippen LogP contribution in [0.2, 0.25) is 0 Å². The number of hydrogen-bond acceptors (Lipinski definition) is 18. The third kappa shape index (κ3) is 9.64. The minimum Gasteiger partial charge on any atom is -0.473 e. The molecule has 0 bridgehead atoms. The number of fused-ring (bicyclic) bond motifs is 2. The Bertz CT molecular complexity index is 2720. The zero-order chi connectivity index (χ0) is 42.1. The van der Waals surface area contributed by atoms with E-state index in [0.717, 1.165) is 52.5 Å². The van der Waals surface area contributed by atoms with E-state index in [0.29, 0.717) is 46.5 Å². The molecule has 1 amide bonds. The summed E-state index contributed by atoms with van der Waals surface area (Å²) < 4.78 is 14.5. The number of nitrogens with one attached hydrogen (secondary N) is 2. The Kier molecular flexibility index (Phi) is 12.5. The normalized spacial score (nSPS) is 17.5. The fraction of sp³-hybridized carbons (Fsp3) is 0.190. The number of benzene rings is 2. The molecule has 10 rings (SSSR count). The van der Waals surface area contributed by atoms with E-state index >= 15 is 0 Å². The number of nitrogens with two attached hydrogens (primary N) is 1. The number of nitrogens with zero attached hydrogens (tertiary/aromatic N) is 9. The van der Waals surface area contributed by atoms with Crippen molar-refractivity contribution in [3.63, 3.8) is 0 Å². The van der Waals surface area contributed by atoms with Gasteiger partial charge in [-0.2, -0.15) is 5.26 Å². The number of amides is 1. The fourth-order valence-electron chi connectivity index (χ4n) is 6.59. The third-order valence-electron chi connectivity index (χ3n) is 9.76. The van der Waals surface area contributed by atoms with Crippen molar-refractivity contribution in [2.45, 2.75) is 50.0 Å². The Morgan fingerprint density at radius 3 is 1.56 bits per heavy atom. The summed E-state index contributed by atoms with van der Waals surface area (Å²) in [4.78, 5) is 46.1. The molecule has 2 saturated carbocycles. The summed E-state index contributed by atoms with van der Waals surface area (Å²) in [6, 6.07) is 25.7. The highest BCUT2D eigenvalue weighted by Gasteiger charge is 2.34. The lowest BCUT2D eigenvalue weighted by molar-refractivity contribution is -0.176. The molecule has 17 nitrogen and oxygen atoms in total. The van der Waals surface area contributed by atoms with Crippen LogP contribution in [0.15, 0.2) is 110 Å². The van der Waals surface area contributed by atoms with Crippen LogP contribution in [0, 0.1) is 11.3 Å². The van der Waals surface area contributed by atoms with Crippen LogP contribution in [0.25, 0.3) is 42.9 Å². The van der Waals surface area contributed by atoms with Crippen molar-refractivity contribution in [3.05, 3.63) is 121 Å². The third-order valence-corrected chi connectivity index (χ3v) is 11.7. The molecule has 306 valence electrons. The van der Waals surface area contributed by atoms with E-state index in [2.05, 4.69) is 62.6 Å². The molecule has 0 radical (unpaired) electrons. The lowest BCUT2D eigenvalue weighted by atomic mass is 9.89. The molecule has 0 spiro atoms. The van der Waals surface area contributed by atoms with E-state index in [-0.39, 0.29) is 17.9 Å². The maximum Gasteiger partial charge on any atom is 0.267 e. The molecule has 0 saturated heterocycles. The highest BCUT2D eigenvalue weighted by molar-refractivity contribution is 7.22. The average Bonchev–Trinajstić information content (AvgIpc) is 3.90. The first kappa shape index (κ1) is 40.5. The van der Waals surface area contributed by atoms with Gasteiger partial charge in [0.2, 0.25) is 11.8 Å². The zero-order valence-electron chi connectivity index (χ0n) is 32.1. The summed E-state index contributed by atoms with van der Waals surface area (Å²) in [5.41, 5.74) is 10.6. The van der Waals surface area contributed by atoms with Gasteiger partial charge in [-0.15, -0.1) is 0 Å².